The Hall–Kier alpha value is -1.63. The Kier molecular flexibility index (Phi) is 5.94. The molecule has 5 nitrogen and oxygen atoms in total. The van der Waals surface area contributed by atoms with Crippen molar-refractivity contribution in [2.24, 2.45) is 5.92 Å². The Labute approximate surface area is 124 Å². The monoisotopic (exact) mass is 346 g/mol. The molecule has 0 aromatic heterocycles. The highest BCUT2D eigenvalue weighted by Gasteiger charge is 2.23. The maximum atomic E-state index is 13.5. The molecule has 1 aromatic carbocycles. The SMILES string of the molecule is CC(C)C(NC(=O)NCc1ccc(Br)cc1F)C(=O)O. The minimum Gasteiger partial charge on any atom is -0.480 e. The van der Waals surface area contributed by atoms with Crippen LogP contribution in [0.1, 0.15) is 19.4 Å². The van der Waals surface area contributed by atoms with Gasteiger partial charge in [-0.3, -0.25) is 0 Å². The Morgan fingerprint density at radius 3 is 2.55 bits per heavy atom. The molecule has 0 heterocycles. The average molecular weight is 347 g/mol. The van der Waals surface area contributed by atoms with Gasteiger partial charge in [0.05, 0.1) is 0 Å². The molecule has 0 aliphatic heterocycles. The van der Waals surface area contributed by atoms with E-state index in [9.17, 15) is 14.0 Å². The van der Waals surface area contributed by atoms with Crippen molar-refractivity contribution >= 4 is 27.9 Å². The third kappa shape index (κ3) is 4.80. The van der Waals surface area contributed by atoms with Crippen molar-refractivity contribution in [3.63, 3.8) is 0 Å². The molecule has 1 aromatic rings. The first-order valence-corrected chi connectivity index (χ1v) is 6.81. The highest BCUT2D eigenvalue weighted by molar-refractivity contribution is 9.10. The fourth-order valence-corrected chi connectivity index (χ4v) is 1.88. The highest BCUT2D eigenvalue weighted by Crippen LogP contribution is 2.15. The van der Waals surface area contributed by atoms with E-state index < -0.39 is 23.9 Å². The Morgan fingerprint density at radius 2 is 2.05 bits per heavy atom. The third-order valence-corrected chi connectivity index (χ3v) is 3.17. The number of hydrogen-bond acceptors (Lipinski definition) is 2. The number of carboxylic acid groups (broad SMARTS) is 1. The van der Waals surface area contributed by atoms with Gasteiger partial charge in [0, 0.05) is 16.6 Å². The standard InChI is InChI=1S/C13H16BrFN2O3/c1-7(2)11(12(18)19)17-13(20)16-6-8-3-4-9(14)5-10(8)15/h3-5,7,11H,6H2,1-2H3,(H,18,19)(H2,16,17,20). The summed E-state index contributed by atoms with van der Waals surface area (Å²) in [6, 6.07) is 2.87. The number of nitrogens with one attached hydrogen (secondary N) is 2. The van der Waals surface area contributed by atoms with Crippen LogP contribution >= 0.6 is 15.9 Å². The molecule has 0 aliphatic rings. The minimum absolute atomic E-state index is 0.0185. The molecule has 0 radical (unpaired) electrons. The zero-order chi connectivity index (χ0) is 15.3. The predicted octanol–water partition coefficient (Wildman–Crippen LogP) is 2.50. The van der Waals surface area contributed by atoms with Crippen molar-refractivity contribution in [3.8, 4) is 0 Å². The zero-order valence-corrected chi connectivity index (χ0v) is 12.7. The Balaban J connectivity index is 2.57. The van der Waals surface area contributed by atoms with Crippen LogP contribution in [-0.4, -0.2) is 23.1 Å². The van der Waals surface area contributed by atoms with E-state index >= 15 is 0 Å². The number of amides is 2. The fraction of sp³-hybridized carbons (Fsp3) is 0.385. The van der Waals surface area contributed by atoms with Crippen molar-refractivity contribution < 1.29 is 19.1 Å². The summed E-state index contributed by atoms with van der Waals surface area (Å²) in [5.41, 5.74) is 0.319. The molecule has 0 fully saturated rings. The molecule has 0 aliphatic carbocycles. The lowest BCUT2D eigenvalue weighted by Gasteiger charge is -2.18. The summed E-state index contributed by atoms with van der Waals surface area (Å²) in [6.45, 7) is 3.36. The predicted molar refractivity (Wildman–Crippen MR) is 75.7 cm³/mol. The molecule has 0 bridgehead atoms. The first kappa shape index (κ1) is 16.4. The summed E-state index contributed by atoms with van der Waals surface area (Å²) in [7, 11) is 0. The number of carbonyl (C=O) groups is 2. The molecule has 1 unspecified atom stereocenters. The van der Waals surface area contributed by atoms with Gasteiger partial charge in [0.15, 0.2) is 0 Å². The summed E-state index contributed by atoms with van der Waals surface area (Å²) in [5, 5.41) is 13.7. The van der Waals surface area contributed by atoms with Gasteiger partial charge in [-0.1, -0.05) is 35.8 Å². The number of carboxylic acids is 1. The van der Waals surface area contributed by atoms with Crippen LogP contribution in [0.25, 0.3) is 0 Å². The molecular formula is C13H16BrFN2O3. The second-order valence-electron chi connectivity index (χ2n) is 4.62. The number of benzene rings is 1. The van der Waals surface area contributed by atoms with Crippen LogP contribution in [0.3, 0.4) is 0 Å². The van der Waals surface area contributed by atoms with Crippen LogP contribution < -0.4 is 10.6 Å². The molecule has 20 heavy (non-hydrogen) atoms. The van der Waals surface area contributed by atoms with Gasteiger partial charge in [0.2, 0.25) is 0 Å². The van der Waals surface area contributed by atoms with Gasteiger partial charge in [0.25, 0.3) is 0 Å². The largest absolute Gasteiger partial charge is 0.480 e. The number of carbonyl (C=O) groups excluding carboxylic acids is 1. The van der Waals surface area contributed by atoms with Crippen molar-refractivity contribution in [1.29, 1.82) is 0 Å². The van der Waals surface area contributed by atoms with Crippen LogP contribution in [0.5, 0.6) is 0 Å². The molecular weight excluding hydrogens is 331 g/mol. The zero-order valence-electron chi connectivity index (χ0n) is 11.1. The third-order valence-electron chi connectivity index (χ3n) is 2.67. The van der Waals surface area contributed by atoms with Gasteiger partial charge < -0.3 is 15.7 Å². The smallest absolute Gasteiger partial charge is 0.326 e. The second-order valence-corrected chi connectivity index (χ2v) is 5.54. The van der Waals surface area contributed by atoms with Crippen molar-refractivity contribution in [3.05, 3.63) is 34.1 Å². The number of aliphatic carboxylic acids is 1. The van der Waals surface area contributed by atoms with Crippen LogP contribution in [-0.2, 0) is 11.3 Å². The van der Waals surface area contributed by atoms with Gasteiger partial charge in [0.1, 0.15) is 11.9 Å². The maximum Gasteiger partial charge on any atom is 0.326 e. The first-order valence-electron chi connectivity index (χ1n) is 6.02. The minimum atomic E-state index is -1.11. The molecule has 1 atom stereocenters. The second kappa shape index (κ2) is 7.23. The van der Waals surface area contributed by atoms with E-state index in [1.54, 1.807) is 19.9 Å². The average Bonchev–Trinajstić information content (AvgIpc) is 2.34. The molecule has 2 amide bonds. The topological polar surface area (TPSA) is 78.4 Å². The lowest BCUT2D eigenvalue weighted by Crippen LogP contribution is -2.48. The van der Waals surface area contributed by atoms with Gasteiger partial charge in [-0.15, -0.1) is 0 Å². The van der Waals surface area contributed by atoms with E-state index in [-0.39, 0.29) is 12.5 Å². The molecule has 1 rings (SSSR count). The van der Waals surface area contributed by atoms with E-state index in [2.05, 4.69) is 26.6 Å². The van der Waals surface area contributed by atoms with Crippen LogP contribution in [0.15, 0.2) is 22.7 Å². The summed E-state index contributed by atoms with van der Waals surface area (Å²) in [5.74, 6) is -1.80. The van der Waals surface area contributed by atoms with Crippen LogP contribution in [0.4, 0.5) is 9.18 Å². The first-order chi connectivity index (χ1) is 9.31. The van der Waals surface area contributed by atoms with Gasteiger partial charge in [-0.05, 0) is 18.1 Å². The van der Waals surface area contributed by atoms with Crippen molar-refractivity contribution in [2.45, 2.75) is 26.4 Å². The fourth-order valence-electron chi connectivity index (χ4n) is 1.55. The van der Waals surface area contributed by atoms with E-state index in [4.69, 9.17) is 5.11 Å². The maximum absolute atomic E-state index is 13.5. The molecule has 7 heteroatoms. The van der Waals surface area contributed by atoms with Crippen LogP contribution in [0, 0.1) is 11.7 Å². The van der Waals surface area contributed by atoms with Gasteiger partial charge in [-0.2, -0.15) is 0 Å². The van der Waals surface area contributed by atoms with Gasteiger partial charge in [-0.25, -0.2) is 14.0 Å². The molecule has 0 spiro atoms. The summed E-state index contributed by atoms with van der Waals surface area (Å²) < 4.78 is 14.1. The van der Waals surface area contributed by atoms with E-state index in [1.807, 2.05) is 0 Å². The molecule has 0 saturated heterocycles. The number of halogens is 2. The van der Waals surface area contributed by atoms with E-state index in [1.165, 1.54) is 12.1 Å². The number of hydrogen-bond donors (Lipinski definition) is 3. The summed E-state index contributed by atoms with van der Waals surface area (Å²) in [4.78, 5) is 22.5. The highest BCUT2D eigenvalue weighted by atomic mass is 79.9. The lowest BCUT2D eigenvalue weighted by molar-refractivity contribution is -0.140. The normalized spacial score (nSPS) is 12.1. The lowest BCUT2D eigenvalue weighted by atomic mass is 10.1. The molecule has 3 N–H and O–H groups in total. The molecule has 0 saturated carbocycles. The summed E-state index contributed by atoms with van der Waals surface area (Å²) in [6.07, 6.45) is 0. The Bertz CT molecular complexity index is 508. The molecule has 110 valence electrons. The van der Waals surface area contributed by atoms with Crippen molar-refractivity contribution in [2.75, 3.05) is 0 Å². The number of rotatable bonds is 5. The van der Waals surface area contributed by atoms with Crippen LogP contribution in [0.2, 0.25) is 0 Å². The quantitative estimate of drug-likeness (QED) is 0.766. The number of urea groups is 1. The van der Waals surface area contributed by atoms with Gasteiger partial charge >= 0.3 is 12.0 Å². The Morgan fingerprint density at radius 1 is 1.40 bits per heavy atom. The van der Waals surface area contributed by atoms with Crippen molar-refractivity contribution in [1.82, 2.24) is 10.6 Å². The summed E-state index contributed by atoms with van der Waals surface area (Å²) >= 11 is 3.14. The van der Waals surface area contributed by atoms with E-state index in [0.717, 1.165) is 0 Å². The van der Waals surface area contributed by atoms with E-state index in [0.29, 0.717) is 10.0 Å².